The van der Waals surface area contributed by atoms with Gasteiger partial charge in [-0.1, -0.05) is 54.6 Å². The third-order valence-corrected chi connectivity index (χ3v) is 7.56. The average molecular weight is 509 g/mol. The average Bonchev–Trinajstić information content (AvgIpc) is 2.84. The fraction of sp³-hybridized carbons (Fsp3) is 0.259. The zero-order valence-electron chi connectivity index (χ0n) is 21.1. The molecule has 0 aliphatic carbocycles. The van der Waals surface area contributed by atoms with Crippen LogP contribution in [0.5, 0.6) is 0 Å². The highest BCUT2D eigenvalue weighted by Gasteiger charge is 2.29. The molecule has 190 valence electrons. The number of para-hydroxylation sites is 1. The Morgan fingerprint density at radius 1 is 0.917 bits per heavy atom. The summed E-state index contributed by atoms with van der Waals surface area (Å²) in [6, 6.07) is 21.4. The minimum absolute atomic E-state index is 0.243. The van der Waals surface area contributed by atoms with Gasteiger partial charge in [0.05, 0.1) is 23.0 Å². The van der Waals surface area contributed by atoms with Crippen LogP contribution in [0.15, 0.2) is 72.8 Å². The molecule has 0 fully saturated rings. The predicted molar refractivity (Wildman–Crippen MR) is 143 cm³/mol. The first-order valence-electron chi connectivity index (χ1n) is 11.5. The van der Waals surface area contributed by atoms with Crippen LogP contribution in [0.2, 0.25) is 0 Å². The molecule has 2 N–H and O–H groups in total. The molecule has 36 heavy (non-hydrogen) atoms. The van der Waals surface area contributed by atoms with Gasteiger partial charge in [0.2, 0.25) is 5.91 Å². The maximum absolute atomic E-state index is 13.1. The van der Waals surface area contributed by atoms with Crippen molar-refractivity contribution in [2.75, 3.05) is 30.3 Å². The van der Waals surface area contributed by atoms with Crippen molar-refractivity contribution in [2.24, 2.45) is 0 Å². The SMILES string of the molecule is Cc1ccc(C)c(N(CC(=O)Nc2ccccc2C(=O)N[C@@H](C)c2ccccc2)S(=O)(=O)N(C)C)c1. The molecule has 2 amide bonds. The lowest BCUT2D eigenvalue weighted by atomic mass is 10.1. The largest absolute Gasteiger partial charge is 0.345 e. The Kier molecular flexibility index (Phi) is 8.49. The summed E-state index contributed by atoms with van der Waals surface area (Å²) in [4.78, 5) is 26.1. The summed E-state index contributed by atoms with van der Waals surface area (Å²) in [6.45, 7) is 5.07. The summed E-state index contributed by atoms with van der Waals surface area (Å²) in [5, 5.41) is 5.67. The van der Waals surface area contributed by atoms with Gasteiger partial charge in [0.1, 0.15) is 6.54 Å². The number of aryl methyl sites for hydroxylation is 2. The van der Waals surface area contributed by atoms with Crippen molar-refractivity contribution in [1.82, 2.24) is 9.62 Å². The van der Waals surface area contributed by atoms with Crippen molar-refractivity contribution in [3.8, 4) is 0 Å². The van der Waals surface area contributed by atoms with E-state index < -0.39 is 22.7 Å². The highest BCUT2D eigenvalue weighted by Crippen LogP contribution is 2.26. The lowest BCUT2D eigenvalue weighted by Gasteiger charge is -2.28. The van der Waals surface area contributed by atoms with Gasteiger partial charge in [0, 0.05) is 14.1 Å². The van der Waals surface area contributed by atoms with Gasteiger partial charge < -0.3 is 10.6 Å². The van der Waals surface area contributed by atoms with Crippen molar-refractivity contribution in [3.63, 3.8) is 0 Å². The minimum Gasteiger partial charge on any atom is -0.345 e. The van der Waals surface area contributed by atoms with Crippen molar-refractivity contribution in [1.29, 1.82) is 0 Å². The number of nitrogens with one attached hydrogen (secondary N) is 2. The van der Waals surface area contributed by atoms with Gasteiger partial charge in [-0.2, -0.15) is 12.7 Å². The van der Waals surface area contributed by atoms with E-state index in [0.717, 1.165) is 19.7 Å². The van der Waals surface area contributed by atoms with Crippen LogP contribution in [0.25, 0.3) is 0 Å². The Labute approximate surface area is 213 Å². The first-order valence-corrected chi connectivity index (χ1v) is 12.9. The summed E-state index contributed by atoms with van der Waals surface area (Å²) in [5.41, 5.74) is 3.52. The van der Waals surface area contributed by atoms with Gasteiger partial charge in [-0.3, -0.25) is 9.59 Å². The third-order valence-electron chi connectivity index (χ3n) is 5.75. The third kappa shape index (κ3) is 6.30. The number of carbonyl (C=O) groups excluding carboxylic acids is 2. The molecule has 0 spiro atoms. The van der Waals surface area contributed by atoms with Gasteiger partial charge in [0.25, 0.3) is 5.91 Å². The van der Waals surface area contributed by atoms with E-state index in [-0.39, 0.29) is 17.5 Å². The molecule has 1 atom stereocenters. The van der Waals surface area contributed by atoms with Crippen molar-refractivity contribution < 1.29 is 18.0 Å². The number of hydrogen-bond donors (Lipinski definition) is 2. The van der Waals surface area contributed by atoms with Crippen molar-refractivity contribution in [2.45, 2.75) is 26.8 Å². The van der Waals surface area contributed by atoms with Crippen LogP contribution < -0.4 is 14.9 Å². The summed E-state index contributed by atoms with van der Waals surface area (Å²) in [6.07, 6.45) is 0. The molecule has 0 aliphatic heterocycles. The second-order valence-corrected chi connectivity index (χ2v) is 10.9. The van der Waals surface area contributed by atoms with E-state index in [1.165, 1.54) is 14.1 Å². The van der Waals surface area contributed by atoms with Gasteiger partial charge in [0.15, 0.2) is 0 Å². The minimum atomic E-state index is -3.97. The molecule has 0 saturated carbocycles. The standard InChI is InChI=1S/C27H32N4O4S/c1-19-15-16-20(2)25(17-19)31(36(34,35)30(4)5)18-26(32)29-24-14-10-9-13-23(24)27(33)28-21(3)22-11-7-6-8-12-22/h6-17,21H,18H2,1-5H3,(H,28,33)(H,29,32)/t21-/m0/s1. The molecule has 3 aromatic rings. The molecule has 8 nitrogen and oxygen atoms in total. The number of benzene rings is 3. The predicted octanol–water partition coefficient (Wildman–Crippen LogP) is 4.05. The molecule has 0 unspecified atom stereocenters. The molecule has 0 radical (unpaired) electrons. The van der Waals surface area contributed by atoms with Crippen LogP contribution in [-0.2, 0) is 15.0 Å². The summed E-state index contributed by atoms with van der Waals surface area (Å²) in [5.74, 6) is -0.924. The van der Waals surface area contributed by atoms with E-state index >= 15 is 0 Å². The smallest absolute Gasteiger partial charge is 0.304 e. The van der Waals surface area contributed by atoms with Crippen LogP contribution in [0.3, 0.4) is 0 Å². The van der Waals surface area contributed by atoms with Crippen LogP contribution in [0.4, 0.5) is 11.4 Å². The summed E-state index contributed by atoms with van der Waals surface area (Å²) in [7, 11) is -1.13. The van der Waals surface area contributed by atoms with E-state index in [4.69, 9.17) is 0 Å². The zero-order valence-corrected chi connectivity index (χ0v) is 22.0. The zero-order chi connectivity index (χ0) is 26.5. The topological polar surface area (TPSA) is 98.8 Å². The monoisotopic (exact) mass is 508 g/mol. The Bertz CT molecular complexity index is 1340. The first-order chi connectivity index (χ1) is 17.0. The number of rotatable bonds is 9. The molecule has 9 heteroatoms. The van der Waals surface area contributed by atoms with E-state index in [1.54, 1.807) is 37.3 Å². The normalized spacial score (nSPS) is 12.2. The Morgan fingerprint density at radius 3 is 2.22 bits per heavy atom. The molecule has 0 aromatic heterocycles. The Morgan fingerprint density at radius 2 is 1.56 bits per heavy atom. The van der Waals surface area contributed by atoms with Crippen LogP contribution in [0.1, 0.15) is 40.0 Å². The lowest BCUT2D eigenvalue weighted by molar-refractivity contribution is -0.114. The Hall–Kier alpha value is -3.69. The second kappa shape index (κ2) is 11.4. The van der Waals surface area contributed by atoms with E-state index in [2.05, 4.69) is 10.6 Å². The van der Waals surface area contributed by atoms with Crippen molar-refractivity contribution >= 4 is 33.4 Å². The van der Waals surface area contributed by atoms with Gasteiger partial charge >= 0.3 is 10.2 Å². The molecular weight excluding hydrogens is 476 g/mol. The number of carbonyl (C=O) groups is 2. The summed E-state index contributed by atoms with van der Waals surface area (Å²) >= 11 is 0. The highest BCUT2D eigenvalue weighted by atomic mass is 32.2. The second-order valence-electron chi connectivity index (χ2n) is 8.79. The van der Waals surface area contributed by atoms with Crippen molar-refractivity contribution in [3.05, 3.63) is 95.1 Å². The molecule has 0 heterocycles. The summed E-state index contributed by atoms with van der Waals surface area (Å²) < 4.78 is 28.4. The fourth-order valence-electron chi connectivity index (χ4n) is 3.69. The molecule has 3 rings (SSSR count). The number of amides is 2. The van der Waals surface area contributed by atoms with E-state index in [0.29, 0.717) is 16.9 Å². The van der Waals surface area contributed by atoms with Crippen LogP contribution >= 0.6 is 0 Å². The van der Waals surface area contributed by atoms with E-state index in [9.17, 15) is 18.0 Å². The quantitative estimate of drug-likeness (QED) is 0.456. The Balaban J connectivity index is 1.84. The lowest BCUT2D eigenvalue weighted by Crippen LogP contribution is -2.44. The van der Waals surface area contributed by atoms with Gasteiger partial charge in [-0.05, 0) is 55.7 Å². The molecule has 3 aromatic carbocycles. The number of hydrogen-bond acceptors (Lipinski definition) is 4. The molecule has 0 bridgehead atoms. The van der Waals surface area contributed by atoms with Gasteiger partial charge in [-0.25, -0.2) is 4.31 Å². The first kappa shape index (κ1) is 26.9. The van der Waals surface area contributed by atoms with Crippen LogP contribution in [0, 0.1) is 13.8 Å². The highest BCUT2D eigenvalue weighted by molar-refractivity contribution is 7.90. The molecule has 0 aliphatic rings. The fourth-order valence-corrected chi connectivity index (χ4v) is 4.81. The van der Waals surface area contributed by atoms with E-state index in [1.807, 2.05) is 56.3 Å². The number of anilines is 2. The molecule has 0 saturated heterocycles. The number of nitrogens with zero attached hydrogens (tertiary/aromatic N) is 2. The van der Waals surface area contributed by atoms with Gasteiger partial charge in [-0.15, -0.1) is 0 Å². The molecular formula is C27H32N4O4S. The maximum atomic E-state index is 13.1. The van der Waals surface area contributed by atoms with Crippen LogP contribution in [-0.4, -0.2) is 45.2 Å². The maximum Gasteiger partial charge on any atom is 0.304 e.